The molecule has 2 aromatic rings. The van der Waals surface area contributed by atoms with Gasteiger partial charge in [0.1, 0.15) is 12.6 Å². The second-order valence-electron chi connectivity index (χ2n) is 9.15. The van der Waals surface area contributed by atoms with Crippen LogP contribution in [0.2, 0.25) is 0 Å². The summed E-state index contributed by atoms with van der Waals surface area (Å²) in [5.41, 5.74) is 4.55. The van der Waals surface area contributed by atoms with Crippen LogP contribution < -0.4 is 10.6 Å². The van der Waals surface area contributed by atoms with E-state index >= 15 is 0 Å². The van der Waals surface area contributed by atoms with Crippen LogP contribution in [0.25, 0.3) is 11.1 Å². The fraction of sp³-hybridized carbons (Fsp3) is 0.423. The monoisotopic (exact) mass is 452 g/mol. The van der Waals surface area contributed by atoms with Crippen molar-refractivity contribution in [1.82, 2.24) is 10.6 Å². The molecule has 1 aliphatic rings. The van der Waals surface area contributed by atoms with Crippen molar-refractivity contribution in [2.75, 3.05) is 6.61 Å². The number of carbonyl (C=O) groups is 3. The molecular formula is C26H32N2O5. The zero-order chi connectivity index (χ0) is 24.1. The van der Waals surface area contributed by atoms with Crippen molar-refractivity contribution in [2.45, 2.75) is 52.1 Å². The maximum Gasteiger partial charge on any atom is 0.407 e. The molecule has 1 aliphatic carbocycles. The Hall–Kier alpha value is -3.35. The molecule has 0 aliphatic heterocycles. The van der Waals surface area contributed by atoms with E-state index in [9.17, 15) is 19.5 Å². The standard InChI is InChI=1S/C26H32N2O5/c1-15(2)22(13-23(29)28-24(16(3)4)25(30)31)27-26(32)33-14-21-19-11-7-5-9-17(19)18-10-6-8-12-20(18)21/h5-12,15-16,21-22,24H,13-14H2,1-4H3,(H,27,32)(H,28,29)(H,30,31)/t22-,24-/m1/s1. The smallest absolute Gasteiger partial charge is 0.407 e. The summed E-state index contributed by atoms with van der Waals surface area (Å²) in [4.78, 5) is 36.4. The molecule has 176 valence electrons. The molecule has 0 unspecified atom stereocenters. The summed E-state index contributed by atoms with van der Waals surface area (Å²) in [5.74, 6) is -1.85. The fourth-order valence-electron chi connectivity index (χ4n) is 4.19. The zero-order valence-electron chi connectivity index (χ0n) is 19.5. The number of carboxylic acids is 1. The fourth-order valence-corrected chi connectivity index (χ4v) is 4.19. The lowest BCUT2D eigenvalue weighted by atomic mass is 9.98. The van der Waals surface area contributed by atoms with Crippen LogP contribution in [0.5, 0.6) is 0 Å². The molecule has 7 heteroatoms. The molecule has 2 amide bonds. The summed E-state index contributed by atoms with van der Waals surface area (Å²) in [6.45, 7) is 7.42. The summed E-state index contributed by atoms with van der Waals surface area (Å²) >= 11 is 0. The number of fused-ring (bicyclic) bond motifs is 3. The average molecular weight is 453 g/mol. The van der Waals surface area contributed by atoms with Gasteiger partial charge < -0.3 is 20.5 Å². The molecule has 0 spiro atoms. The second-order valence-corrected chi connectivity index (χ2v) is 9.15. The number of carboxylic acid groups (broad SMARTS) is 1. The first-order valence-electron chi connectivity index (χ1n) is 11.3. The van der Waals surface area contributed by atoms with E-state index < -0.39 is 30.1 Å². The minimum atomic E-state index is -1.08. The summed E-state index contributed by atoms with van der Waals surface area (Å²) in [5, 5.41) is 14.6. The minimum Gasteiger partial charge on any atom is -0.480 e. The first kappa shape index (κ1) is 24.3. The highest BCUT2D eigenvalue weighted by atomic mass is 16.5. The van der Waals surface area contributed by atoms with Crippen LogP contribution in [0.15, 0.2) is 48.5 Å². The number of carbonyl (C=O) groups excluding carboxylic acids is 2. The maximum absolute atomic E-state index is 12.6. The highest BCUT2D eigenvalue weighted by Gasteiger charge is 2.30. The van der Waals surface area contributed by atoms with Crippen molar-refractivity contribution in [2.24, 2.45) is 11.8 Å². The van der Waals surface area contributed by atoms with E-state index in [0.29, 0.717) is 0 Å². The van der Waals surface area contributed by atoms with Gasteiger partial charge >= 0.3 is 12.1 Å². The Morgan fingerprint density at radius 1 is 0.879 bits per heavy atom. The minimum absolute atomic E-state index is 0.0294. The molecule has 33 heavy (non-hydrogen) atoms. The normalized spacial score (nSPS) is 14.4. The number of ether oxygens (including phenoxy) is 1. The van der Waals surface area contributed by atoms with Gasteiger partial charge in [-0.3, -0.25) is 4.79 Å². The van der Waals surface area contributed by atoms with Gasteiger partial charge in [0, 0.05) is 18.4 Å². The molecule has 0 saturated carbocycles. The Kier molecular flexibility index (Phi) is 7.74. The van der Waals surface area contributed by atoms with Crippen molar-refractivity contribution in [1.29, 1.82) is 0 Å². The lowest BCUT2D eigenvalue weighted by Gasteiger charge is -2.24. The molecular weight excluding hydrogens is 420 g/mol. The van der Waals surface area contributed by atoms with Gasteiger partial charge in [-0.05, 0) is 34.1 Å². The number of alkyl carbamates (subject to hydrolysis) is 1. The highest BCUT2D eigenvalue weighted by Crippen LogP contribution is 2.44. The molecule has 3 N–H and O–H groups in total. The SMILES string of the molecule is CC(C)[C@@H](CC(=O)N[C@@H](C(=O)O)C(C)C)NC(=O)OCC1c2ccccc2-c2ccccc21. The van der Waals surface area contributed by atoms with Crippen LogP contribution in [0.3, 0.4) is 0 Å². The number of amides is 2. The predicted octanol–water partition coefficient (Wildman–Crippen LogP) is 4.17. The number of nitrogens with one attached hydrogen (secondary N) is 2. The van der Waals surface area contributed by atoms with E-state index in [1.54, 1.807) is 13.8 Å². The Morgan fingerprint density at radius 3 is 1.91 bits per heavy atom. The van der Waals surface area contributed by atoms with Crippen molar-refractivity contribution in [3.8, 4) is 11.1 Å². The summed E-state index contributed by atoms with van der Waals surface area (Å²) in [6.07, 6.45) is -0.625. The van der Waals surface area contributed by atoms with Crippen LogP contribution in [-0.2, 0) is 14.3 Å². The first-order valence-corrected chi connectivity index (χ1v) is 11.3. The molecule has 2 atom stereocenters. The van der Waals surface area contributed by atoms with Crippen LogP contribution in [0.4, 0.5) is 4.79 Å². The van der Waals surface area contributed by atoms with Crippen molar-refractivity contribution < 1.29 is 24.2 Å². The molecule has 0 heterocycles. The van der Waals surface area contributed by atoms with Crippen LogP contribution in [-0.4, -0.2) is 41.8 Å². The van der Waals surface area contributed by atoms with Gasteiger partial charge in [-0.25, -0.2) is 9.59 Å². The Morgan fingerprint density at radius 2 is 1.42 bits per heavy atom. The van der Waals surface area contributed by atoms with Crippen molar-refractivity contribution >= 4 is 18.0 Å². The molecule has 3 rings (SSSR count). The van der Waals surface area contributed by atoms with Crippen LogP contribution in [0, 0.1) is 11.8 Å². The highest BCUT2D eigenvalue weighted by molar-refractivity contribution is 5.84. The molecule has 0 bridgehead atoms. The van der Waals surface area contributed by atoms with Gasteiger partial charge in [0.15, 0.2) is 0 Å². The van der Waals surface area contributed by atoms with Crippen LogP contribution in [0.1, 0.15) is 51.2 Å². The largest absolute Gasteiger partial charge is 0.480 e. The lowest BCUT2D eigenvalue weighted by molar-refractivity contribution is -0.143. The molecule has 0 aromatic heterocycles. The number of benzene rings is 2. The third kappa shape index (κ3) is 5.72. The zero-order valence-corrected chi connectivity index (χ0v) is 19.5. The van der Waals surface area contributed by atoms with E-state index in [0.717, 1.165) is 22.3 Å². The number of rotatable bonds is 9. The topological polar surface area (TPSA) is 105 Å². The van der Waals surface area contributed by atoms with Gasteiger partial charge in [-0.2, -0.15) is 0 Å². The third-order valence-electron chi connectivity index (χ3n) is 6.11. The average Bonchev–Trinajstić information content (AvgIpc) is 3.09. The quantitative estimate of drug-likeness (QED) is 0.530. The first-order chi connectivity index (χ1) is 15.7. The molecule has 0 fully saturated rings. The van der Waals surface area contributed by atoms with Crippen molar-refractivity contribution in [3.05, 3.63) is 59.7 Å². The van der Waals surface area contributed by atoms with E-state index in [2.05, 4.69) is 34.9 Å². The van der Waals surface area contributed by atoms with Crippen LogP contribution >= 0.6 is 0 Å². The lowest BCUT2D eigenvalue weighted by Crippen LogP contribution is -2.48. The van der Waals surface area contributed by atoms with Gasteiger partial charge in [0.05, 0.1) is 0 Å². The molecule has 2 aromatic carbocycles. The third-order valence-corrected chi connectivity index (χ3v) is 6.11. The maximum atomic E-state index is 12.6. The Labute approximate surface area is 194 Å². The molecule has 0 saturated heterocycles. The van der Waals surface area contributed by atoms with E-state index in [4.69, 9.17) is 4.74 Å². The number of aliphatic carboxylic acids is 1. The number of hydrogen-bond acceptors (Lipinski definition) is 4. The van der Waals surface area contributed by atoms with E-state index in [1.165, 1.54) is 0 Å². The van der Waals surface area contributed by atoms with Crippen molar-refractivity contribution in [3.63, 3.8) is 0 Å². The van der Waals surface area contributed by atoms with Gasteiger partial charge in [0.25, 0.3) is 0 Å². The molecule has 0 radical (unpaired) electrons. The molecule has 7 nitrogen and oxygen atoms in total. The summed E-state index contributed by atoms with van der Waals surface area (Å²) in [7, 11) is 0. The number of hydrogen-bond donors (Lipinski definition) is 3. The van der Waals surface area contributed by atoms with Gasteiger partial charge in [-0.15, -0.1) is 0 Å². The van der Waals surface area contributed by atoms with Gasteiger partial charge in [0.2, 0.25) is 5.91 Å². The second kappa shape index (κ2) is 10.5. The summed E-state index contributed by atoms with van der Waals surface area (Å²) < 4.78 is 5.58. The Balaban J connectivity index is 1.61. The van der Waals surface area contributed by atoms with Gasteiger partial charge in [-0.1, -0.05) is 76.2 Å². The predicted molar refractivity (Wildman–Crippen MR) is 126 cm³/mol. The Bertz CT molecular complexity index is 972. The summed E-state index contributed by atoms with van der Waals surface area (Å²) in [6, 6.07) is 14.7. The van der Waals surface area contributed by atoms with E-state index in [-0.39, 0.29) is 30.8 Å². The van der Waals surface area contributed by atoms with E-state index in [1.807, 2.05) is 38.1 Å².